The molecule has 0 aliphatic carbocycles. The Kier molecular flexibility index (Phi) is 7.96. The topological polar surface area (TPSA) is 108 Å². The van der Waals surface area contributed by atoms with Gasteiger partial charge in [0.15, 0.2) is 5.13 Å². The van der Waals surface area contributed by atoms with Gasteiger partial charge < -0.3 is 15.7 Å². The number of anilines is 2. The number of halogens is 1. The van der Waals surface area contributed by atoms with Crippen molar-refractivity contribution in [2.45, 2.75) is 4.90 Å². The Morgan fingerprint density at radius 1 is 0.943 bits per heavy atom. The molecule has 0 aliphatic rings. The van der Waals surface area contributed by atoms with Crippen LogP contribution in [0.4, 0.5) is 10.8 Å². The van der Waals surface area contributed by atoms with Crippen LogP contribution in [0.2, 0.25) is 0 Å². The van der Waals surface area contributed by atoms with Gasteiger partial charge in [-0.05, 0) is 42.5 Å². The van der Waals surface area contributed by atoms with E-state index in [0.29, 0.717) is 10.8 Å². The van der Waals surface area contributed by atoms with E-state index in [4.69, 9.17) is 0 Å². The first-order valence-electron chi connectivity index (χ1n) is 10.3. The molecular weight excluding hydrogens is 550 g/mol. The number of nitrogens with zero attached hydrogens (tertiary/aromatic N) is 1. The van der Waals surface area contributed by atoms with Crippen LogP contribution in [0.5, 0.6) is 0 Å². The number of aromatic carboxylic acids is 1. The largest absolute Gasteiger partial charge is 0.478 e. The van der Waals surface area contributed by atoms with E-state index in [1.54, 1.807) is 30.3 Å². The molecule has 176 valence electrons. The van der Waals surface area contributed by atoms with Crippen LogP contribution in [-0.4, -0.2) is 33.6 Å². The lowest BCUT2D eigenvalue weighted by Crippen LogP contribution is -2.16. The van der Waals surface area contributed by atoms with Gasteiger partial charge in [-0.1, -0.05) is 46.3 Å². The van der Waals surface area contributed by atoms with Gasteiger partial charge in [0, 0.05) is 26.0 Å². The van der Waals surface area contributed by atoms with Gasteiger partial charge >= 0.3 is 5.97 Å². The van der Waals surface area contributed by atoms with Gasteiger partial charge in [-0.2, -0.15) is 0 Å². The SMILES string of the molecule is O=C(CSc1cccc(NC(=O)c2ccccc2C(=O)O)c1)Nc1nc(-c2ccc(Br)cc2)cs1. The second kappa shape index (κ2) is 11.3. The number of amides is 2. The molecule has 0 atom stereocenters. The highest BCUT2D eigenvalue weighted by Gasteiger charge is 2.16. The highest BCUT2D eigenvalue weighted by molar-refractivity contribution is 9.10. The Hall–Kier alpha value is -3.47. The lowest BCUT2D eigenvalue weighted by atomic mass is 10.1. The van der Waals surface area contributed by atoms with Crippen molar-refractivity contribution in [2.24, 2.45) is 0 Å². The number of rotatable bonds is 8. The Labute approximate surface area is 217 Å². The monoisotopic (exact) mass is 567 g/mol. The summed E-state index contributed by atoms with van der Waals surface area (Å²) in [5.41, 5.74) is 2.25. The van der Waals surface area contributed by atoms with Crippen LogP contribution in [0.1, 0.15) is 20.7 Å². The average Bonchev–Trinajstić information content (AvgIpc) is 3.31. The van der Waals surface area contributed by atoms with Crippen molar-refractivity contribution in [1.82, 2.24) is 4.98 Å². The standard InChI is InChI=1S/C25H18BrN3O4S2/c26-16-10-8-15(9-11-16)21-13-35-25(28-21)29-22(30)14-34-18-5-3-4-17(12-18)27-23(31)19-6-1-2-7-20(19)24(32)33/h1-13H,14H2,(H,27,31)(H,32,33)(H,28,29,30). The highest BCUT2D eigenvalue weighted by atomic mass is 79.9. The molecule has 0 fully saturated rings. The van der Waals surface area contributed by atoms with Crippen LogP contribution in [0.15, 0.2) is 87.5 Å². The summed E-state index contributed by atoms with van der Waals surface area (Å²) in [4.78, 5) is 41.6. The first-order chi connectivity index (χ1) is 16.9. The molecule has 0 saturated carbocycles. The number of thiazole rings is 1. The average molecular weight is 568 g/mol. The summed E-state index contributed by atoms with van der Waals surface area (Å²) >= 11 is 6.08. The number of nitrogens with one attached hydrogen (secondary N) is 2. The highest BCUT2D eigenvalue weighted by Crippen LogP contribution is 2.27. The molecular formula is C25H18BrN3O4S2. The van der Waals surface area contributed by atoms with E-state index in [1.807, 2.05) is 35.7 Å². The minimum absolute atomic E-state index is 0.0716. The minimum Gasteiger partial charge on any atom is -0.478 e. The van der Waals surface area contributed by atoms with Gasteiger partial charge in [0.25, 0.3) is 5.91 Å². The van der Waals surface area contributed by atoms with E-state index < -0.39 is 11.9 Å². The summed E-state index contributed by atoms with van der Waals surface area (Å²) in [5.74, 6) is -1.73. The van der Waals surface area contributed by atoms with E-state index in [1.165, 1.54) is 35.2 Å². The third-order valence-corrected chi connectivity index (χ3v) is 7.03. The molecule has 0 spiro atoms. The first kappa shape index (κ1) is 24.6. The van der Waals surface area contributed by atoms with Gasteiger partial charge in [-0.3, -0.25) is 9.59 Å². The van der Waals surface area contributed by atoms with Gasteiger partial charge in [0.2, 0.25) is 5.91 Å². The molecule has 3 N–H and O–H groups in total. The lowest BCUT2D eigenvalue weighted by molar-refractivity contribution is -0.113. The summed E-state index contributed by atoms with van der Waals surface area (Å²) in [6, 6.07) is 20.8. The predicted octanol–water partition coefficient (Wildman–Crippen LogP) is 6.25. The summed E-state index contributed by atoms with van der Waals surface area (Å²) in [6.07, 6.45) is 0. The fourth-order valence-corrected chi connectivity index (χ4v) is 4.87. The van der Waals surface area contributed by atoms with Crippen molar-refractivity contribution < 1.29 is 19.5 Å². The zero-order chi connectivity index (χ0) is 24.8. The Bertz CT molecular complexity index is 1390. The Morgan fingerprint density at radius 3 is 2.43 bits per heavy atom. The zero-order valence-corrected chi connectivity index (χ0v) is 21.2. The molecule has 4 aromatic rings. The van der Waals surface area contributed by atoms with Gasteiger partial charge in [-0.25, -0.2) is 9.78 Å². The second-order valence-electron chi connectivity index (χ2n) is 7.21. The number of hydrogen-bond acceptors (Lipinski definition) is 6. The quantitative estimate of drug-likeness (QED) is 0.217. The normalized spacial score (nSPS) is 10.5. The number of carbonyl (C=O) groups is 3. The fourth-order valence-electron chi connectivity index (χ4n) is 3.12. The summed E-state index contributed by atoms with van der Waals surface area (Å²) in [6.45, 7) is 0. The van der Waals surface area contributed by atoms with Gasteiger partial charge in [-0.15, -0.1) is 23.1 Å². The molecule has 2 amide bonds. The van der Waals surface area contributed by atoms with E-state index in [0.717, 1.165) is 20.6 Å². The van der Waals surface area contributed by atoms with E-state index in [-0.39, 0.29) is 22.8 Å². The predicted molar refractivity (Wildman–Crippen MR) is 142 cm³/mol. The molecule has 4 rings (SSSR count). The number of benzene rings is 3. The summed E-state index contributed by atoms with van der Waals surface area (Å²) < 4.78 is 0.982. The van der Waals surface area contributed by atoms with Crippen molar-refractivity contribution >= 4 is 67.6 Å². The van der Waals surface area contributed by atoms with Crippen molar-refractivity contribution in [3.8, 4) is 11.3 Å². The van der Waals surface area contributed by atoms with Crippen LogP contribution < -0.4 is 10.6 Å². The molecule has 3 aromatic carbocycles. The van der Waals surface area contributed by atoms with Crippen molar-refractivity contribution in [2.75, 3.05) is 16.4 Å². The molecule has 1 aromatic heterocycles. The van der Waals surface area contributed by atoms with E-state index in [2.05, 4.69) is 31.5 Å². The summed E-state index contributed by atoms with van der Waals surface area (Å²) in [7, 11) is 0. The number of aromatic nitrogens is 1. The van der Waals surface area contributed by atoms with Crippen LogP contribution in [0.3, 0.4) is 0 Å². The third kappa shape index (κ3) is 6.56. The zero-order valence-electron chi connectivity index (χ0n) is 18.0. The maximum Gasteiger partial charge on any atom is 0.336 e. The van der Waals surface area contributed by atoms with E-state index >= 15 is 0 Å². The second-order valence-corrected chi connectivity index (χ2v) is 10.0. The van der Waals surface area contributed by atoms with E-state index in [9.17, 15) is 19.5 Å². The number of carboxylic acids is 1. The maximum atomic E-state index is 12.6. The molecule has 0 radical (unpaired) electrons. The lowest BCUT2D eigenvalue weighted by Gasteiger charge is -2.09. The third-order valence-electron chi connectivity index (χ3n) is 4.75. The van der Waals surface area contributed by atoms with Gasteiger partial charge in [0.1, 0.15) is 0 Å². The van der Waals surface area contributed by atoms with Gasteiger partial charge in [0.05, 0.1) is 22.6 Å². The van der Waals surface area contributed by atoms with Crippen LogP contribution in [0, 0.1) is 0 Å². The first-order valence-corrected chi connectivity index (χ1v) is 12.9. The van der Waals surface area contributed by atoms with Crippen molar-refractivity contribution in [3.63, 3.8) is 0 Å². The smallest absolute Gasteiger partial charge is 0.336 e. The van der Waals surface area contributed by atoms with Crippen LogP contribution in [-0.2, 0) is 4.79 Å². The molecule has 1 heterocycles. The number of carbonyl (C=O) groups excluding carboxylic acids is 2. The van der Waals surface area contributed by atoms with Crippen molar-refractivity contribution in [3.05, 3.63) is 93.8 Å². The van der Waals surface area contributed by atoms with Crippen LogP contribution in [0.25, 0.3) is 11.3 Å². The molecule has 0 bridgehead atoms. The summed E-state index contributed by atoms with van der Waals surface area (Å²) in [5, 5.41) is 17.2. The molecule has 35 heavy (non-hydrogen) atoms. The Morgan fingerprint density at radius 2 is 1.69 bits per heavy atom. The molecule has 0 saturated heterocycles. The van der Waals surface area contributed by atoms with Crippen molar-refractivity contribution in [1.29, 1.82) is 0 Å². The molecule has 10 heteroatoms. The molecule has 7 nitrogen and oxygen atoms in total. The fraction of sp³-hybridized carbons (Fsp3) is 0.0400. The minimum atomic E-state index is -1.17. The number of carboxylic acid groups (broad SMARTS) is 1. The molecule has 0 aliphatic heterocycles. The number of thioether (sulfide) groups is 1. The number of hydrogen-bond donors (Lipinski definition) is 3. The Balaban J connectivity index is 1.34. The maximum absolute atomic E-state index is 12.6. The molecule has 0 unspecified atom stereocenters. The van der Waals surface area contributed by atoms with Crippen LogP contribution >= 0.6 is 39.0 Å².